The van der Waals surface area contributed by atoms with E-state index in [0.29, 0.717) is 17.8 Å². The molecule has 0 heterocycles. The first-order chi connectivity index (χ1) is 10.9. The zero-order valence-electron chi connectivity index (χ0n) is 14.8. The number of nitrogens with zero attached hydrogens (tertiary/aromatic N) is 1. The molecule has 0 unspecified atom stereocenters. The van der Waals surface area contributed by atoms with E-state index in [0.717, 1.165) is 6.42 Å². The molecule has 126 valence electrons. The number of carbonyl (C=O) groups excluding carboxylic acids is 1. The van der Waals surface area contributed by atoms with E-state index in [1.165, 1.54) is 25.5 Å². The van der Waals surface area contributed by atoms with Crippen LogP contribution in [0.4, 0.5) is 0 Å². The van der Waals surface area contributed by atoms with Crippen molar-refractivity contribution in [3.63, 3.8) is 0 Å². The SMILES string of the molecule is COC(=O)CN=C[C@H]1C[C@H](C)CC[C@H]1C(C)(C)c1ccccc1. The monoisotopic (exact) mass is 315 g/mol. The zero-order valence-corrected chi connectivity index (χ0v) is 14.8. The van der Waals surface area contributed by atoms with E-state index in [9.17, 15) is 4.79 Å². The van der Waals surface area contributed by atoms with E-state index >= 15 is 0 Å². The quantitative estimate of drug-likeness (QED) is 0.601. The first kappa shape index (κ1) is 17.7. The zero-order chi connectivity index (χ0) is 16.9. The number of hydrogen-bond acceptors (Lipinski definition) is 3. The highest BCUT2D eigenvalue weighted by atomic mass is 16.5. The molecule has 3 nitrogen and oxygen atoms in total. The summed E-state index contributed by atoms with van der Waals surface area (Å²) in [5.74, 6) is 1.40. The number of carbonyl (C=O) groups is 1. The number of benzene rings is 1. The van der Waals surface area contributed by atoms with Crippen LogP contribution < -0.4 is 0 Å². The van der Waals surface area contributed by atoms with Crippen molar-refractivity contribution < 1.29 is 9.53 Å². The lowest BCUT2D eigenvalue weighted by Crippen LogP contribution is -2.38. The molecule has 1 aliphatic rings. The van der Waals surface area contributed by atoms with Crippen molar-refractivity contribution >= 4 is 12.2 Å². The highest BCUT2D eigenvalue weighted by Gasteiger charge is 2.39. The second-order valence-corrected chi connectivity index (χ2v) is 7.34. The van der Waals surface area contributed by atoms with Crippen molar-refractivity contribution in [2.24, 2.45) is 22.7 Å². The molecule has 3 heteroatoms. The van der Waals surface area contributed by atoms with Crippen LogP contribution in [0, 0.1) is 17.8 Å². The Hall–Kier alpha value is -1.64. The largest absolute Gasteiger partial charge is 0.468 e. The highest BCUT2D eigenvalue weighted by Crippen LogP contribution is 2.44. The van der Waals surface area contributed by atoms with Crippen LogP contribution in [-0.2, 0) is 14.9 Å². The molecule has 0 aromatic heterocycles. The van der Waals surface area contributed by atoms with E-state index in [1.54, 1.807) is 0 Å². The van der Waals surface area contributed by atoms with E-state index < -0.39 is 0 Å². The van der Waals surface area contributed by atoms with Crippen LogP contribution in [0.5, 0.6) is 0 Å². The Labute approximate surface area is 140 Å². The van der Waals surface area contributed by atoms with Crippen LogP contribution in [0.2, 0.25) is 0 Å². The van der Waals surface area contributed by atoms with Gasteiger partial charge in [-0.2, -0.15) is 0 Å². The number of esters is 1. The molecule has 0 N–H and O–H groups in total. The third-order valence-electron chi connectivity index (χ3n) is 5.35. The molecule has 1 fully saturated rings. The molecule has 0 amide bonds. The lowest BCUT2D eigenvalue weighted by molar-refractivity contribution is -0.138. The third kappa shape index (κ3) is 4.43. The molecule has 0 aliphatic heterocycles. The average Bonchev–Trinajstić information content (AvgIpc) is 2.55. The minimum absolute atomic E-state index is 0.101. The van der Waals surface area contributed by atoms with Gasteiger partial charge in [-0.15, -0.1) is 0 Å². The second-order valence-electron chi connectivity index (χ2n) is 7.34. The molecular formula is C20H29NO2. The summed E-state index contributed by atoms with van der Waals surface area (Å²) in [6.07, 6.45) is 5.63. The van der Waals surface area contributed by atoms with Crippen LogP contribution in [0.25, 0.3) is 0 Å². The smallest absolute Gasteiger partial charge is 0.327 e. The van der Waals surface area contributed by atoms with E-state index in [-0.39, 0.29) is 17.9 Å². The first-order valence-corrected chi connectivity index (χ1v) is 8.57. The summed E-state index contributed by atoms with van der Waals surface area (Å²) in [7, 11) is 1.40. The second kappa shape index (κ2) is 7.76. The van der Waals surface area contributed by atoms with Gasteiger partial charge in [-0.25, -0.2) is 0 Å². The predicted octanol–water partition coefficient (Wildman–Crippen LogP) is 4.26. The minimum Gasteiger partial charge on any atom is -0.468 e. The minimum atomic E-state index is -0.274. The number of aliphatic imine (C=N–C) groups is 1. The van der Waals surface area contributed by atoms with Gasteiger partial charge >= 0.3 is 5.97 Å². The number of ether oxygens (including phenoxy) is 1. The van der Waals surface area contributed by atoms with Gasteiger partial charge in [0.05, 0.1) is 7.11 Å². The molecule has 1 aliphatic carbocycles. The normalized spacial score (nSPS) is 25.5. The maximum atomic E-state index is 11.3. The van der Waals surface area contributed by atoms with Gasteiger partial charge in [0.15, 0.2) is 0 Å². The average molecular weight is 315 g/mol. The fraction of sp³-hybridized carbons (Fsp3) is 0.600. The molecule has 0 saturated heterocycles. The topological polar surface area (TPSA) is 38.7 Å². The Morgan fingerprint density at radius 1 is 1.30 bits per heavy atom. The molecule has 0 spiro atoms. The highest BCUT2D eigenvalue weighted by molar-refractivity contribution is 5.74. The van der Waals surface area contributed by atoms with Crippen molar-refractivity contribution in [3.8, 4) is 0 Å². The Morgan fingerprint density at radius 2 is 2.00 bits per heavy atom. The Kier molecular flexibility index (Phi) is 5.97. The molecule has 1 saturated carbocycles. The summed E-state index contributed by atoms with van der Waals surface area (Å²) in [6, 6.07) is 10.7. The summed E-state index contributed by atoms with van der Waals surface area (Å²) in [5.41, 5.74) is 1.48. The van der Waals surface area contributed by atoms with Gasteiger partial charge in [-0.05, 0) is 41.6 Å². The summed E-state index contributed by atoms with van der Waals surface area (Å²) in [4.78, 5) is 15.6. The summed E-state index contributed by atoms with van der Waals surface area (Å²) < 4.78 is 4.67. The van der Waals surface area contributed by atoms with Crippen molar-refractivity contribution in [1.29, 1.82) is 0 Å². The molecular weight excluding hydrogens is 286 g/mol. The lowest BCUT2D eigenvalue weighted by Gasteiger charge is -2.43. The first-order valence-electron chi connectivity index (χ1n) is 8.57. The van der Waals surface area contributed by atoms with E-state index in [2.05, 4.69) is 60.8 Å². The number of methoxy groups -OCH3 is 1. The predicted molar refractivity (Wildman–Crippen MR) is 94.8 cm³/mol. The van der Waals surface area contributed by atoms with Gasteiger partial charge in [-0.1, -0.05) is 57.5 Å². The van der Waals surface area contributed by atoms with Crippen molar-refractivity contribution in [3.05, 3.63) is 35.9 Å². The maximum absolute atomic E-state index is 11.3. The number of rotatable bonds is 5. The summed E-state index contributed by atoms with van der Waals surface area (Å²) >= 11 is 0. The van der Waals surface area contributed by atoms with Crippen LogP contribution in [-0.4, -0.2) is 25.8 Å². The van der Waals surface area contributed by atoms with Crippen LogP contribution in [0.3, 0.4) is 0 Å². The third-order valence-corrected chi connectivity index (χ3v) is 5.35. The Balaban J connectivity index is 2.18. The molecule has 0 bridgehead atoms. The summed E-state index contributed by atoms with van der Waals surface area (Å²) in [5, 5.41) is 0. The lowest BCUT2D eigenvalue weighted by atomic mass is 9.61. The number of hydrogen-bond donors (Lipinski definition) is 0. The van der Waals surface area contributed by atoms with Gasteiger partial charge in [-0.3, -0.25) is 9.79 Å². The van der Waals surface area contributed by atoms with Crippen molar-refractivity contribution in [2.75, 3.05) is 13.7 Å². The Morgan fingerprint density at radius 3 is 2.65 bits per heavy atom. The Bertz CT molecular complexity index is 536. The van der Waals surface area contributed by atoms with Crippen molar-refractivity contribution in [2.45, 2.75) is 45.4 Å². The van der Waals surface area contributed by atoms with E-state index in [1.807, 2.05) is 6.21 Å². The maximum Gasteiger partial charge on any atom is 0.327 e. The van der Waals surface area contributed by atoms with Gasteiger partial charge in [0.25, 0.3) is 0 Å². The fourth-order valence-electron chi connectivity index (χ4n) is 3.89. The molecule has 3 atom stereocenters. The van der Waals surface area contributed by atoms with Gasteiger partial charge in [0, 0.05) is 6.21 Å². The van der Waals surface area contributed by atoms with Crippen LogP contribution in [0.1, 0.15) is 45.6 Å². The van der Waals surface area contributed by atoms with Crippen LogP contribution >= 0.6 is 0 Å². The van der Waals surface area contributed by atoms with Gasteiger partial charge in [0.1, 0.15) is 6.54 Å². The van der Waals surface area contributed by atoms with E-state index in [4.69, 9.17) is 0 Å². The molecule has 0 radical (unpaired) electrons. The molecule has 23 heavy (non-hydrogen) atoms. The summed E-state index contributed by atoms with van der Waals surface area (Å²) in [6.45, 7) is 7.11. The van der Waals surface area contributed by atoms with Gasteiger partial charge < -0.3 is 4.74 Å². The standard InChI is InChI=1S/C20H29NO2/c1-15-10-11-18(16(12-15)13-21-14-19(22)23-4)20(2,3)17-8-6-5-7-9-17/h5-9,13,15-16,18H,10-12,14H2,1-4H3/t15-,16-,18-/m1/s1. The molecule has 2 rings (SSSR count). The van der Waals surface area contributed by atoms with Crippen LogP contribution in [0.15, 0.2) is 35.3 Å². The fourth-order valence-corrected chi connectivity index (χ4v) is 3.89. The molecule has 1 aromatic rings. The van der Waals surface area contributed by atoms with Gasteiger partial charge in [0.2, 0.25) is 0 Å². The molecule has 1 aromatic carbocycles. The van der Waals surface area contributed by atoms with Crippen molar-refractivity contribution in [1.82, 2.24) is 0 Å².